The van der Waals surface area contributed by atoms with E-state index in [9.17, 15) is 18.0 Å². The Morgan fingerprint density at radius 3 is 2.29 bits per heavy atom. The van der Waals surface area contributed by atoms with E-state index >= 15 is 0 Å². The number of hydrogen-bond acceptors (Lipinski definition) is 4. The lowest BCUT2D eigenvalue weighted by atomic mass is 9.46. The van der Waals surface area contributed by atoms with Crippen LogP contribution in [0.25, 0.3) is 0 Å². The summed E-state index contributed by atoms with van der Waals surface area (Å²) in [4.78, 5) is 25.5. The van der Waals surface area contributed by atoms with Crippen LogP contribution in [0.3, 0.4) is 0 Å². The first kappa shape index (κ1) is 22.3. The van der Waals surface area contributed by atoms with Gasteiger partial charge in [0.05, 0.1) is 10.3 Å². The van der Waals surface area contributed by atoms with E-state index in [1.165, 1.54) is 12.1 Å². The summed E-state index contributed by atoms with van der Waals surface area (Å²) in [6.45, 7) is 6.90. The highest BCUT2D eigenvalue weighted by atomic mass is 32.2. The molecule has 3 N–H and O–H groups in total. The number of hydrogen-bond donors (Lipinski definition) is 3. The molecule has 2 unspecified atom stereocenters. The van der Waals surface area contributed by atoms with Crippen molar-refractivity contribution in [1.29, 1.82) is 0 Å². The van der Waals surface area contributed by atoms with Crippen LogP contribution in [0.5, 0.6) is 0 Å². The van der Waals surface area contributed by atoms with E-state index in [2.05, 4.69) is 15.4 Å². The Labute approximate surface area is 184 Å². The molecule has 4 atom stereocenters. The van der Waals surface area contributed by atoms with Gasteiger partial charge in [0, 0.05) is 23.7 Å². The second-order valence-corrected chi connectivity index (χ2v) is 12.7. The summed E-state index contributed by atoms with van der Waals surface area (Å²) >= 11 is 0. The van der Waals surface area contributed by atoms with Gasteiger partial charge in [0.25, 0.3) is 0 Å². The minimum absolute atomic E-state index is 0.0400. The maximum atomic E-state index is 13.5. The zero-order chi connectivity index (χ0) is 22.7. The fourth-order valence-electron chi connectivity index (χ4n) is 6.51. The Hall–Kier alpha value is -1.93. The molecule has 0 spiro atoms. The largest absolute Gasteiger partial charge is 0.351 e. The Kier molecular flexibility index (Phi) is 5.25. The minimum atomic E-state index is -3.69. The fourth-order valence-corrected chi connectivity index (χ4v) is 7.98. The summed E-state index contributed by atoms with van der Waals surface area (Å²) in [7, 11) is -3.69. The highest BCUT2D eigenvalue weighted by Crippen LogP contribution is 2.61. The van der Waals surface area contributed by atoms with Crippen molar-refractivity contribution in [2.24, 2.45) is 17.3 Å². The molecule has 0 aliphatic heterocycles. The van der Waals surface area contributed by atoms with E-state index in [0.29, 0.717) is 23.9 Å². The molecule has 170 valence electrons. The van der Waals surface area contributed by atoms with Crippen molar-refractivity contribution in [3.05, 3.63) is 24.3 Å². The van der Waals surface area contributed by atoms with Gasteiger partial charge in [0.2, 0.25) is 21.8 Å². The minimum Gasteiger partial charge on any atom is -0.351 e. The molecule has 4 aliphatic carbocycles. The SMILES string of the molecule is CC(=O)NC12C[C@H]3C[C@@H](C1)CC(C(=O)Nc1cccc(S(=O)(=O)NC(C)(C)C)c1)(C3)C2. The number of benzene rings is 1. The van der Waals surface area contributed by atoms with Gasteiger partial charge in [-0.25, -0.2) is 13.1 Å². The summed E-state index contributed by atoms with van der Waals surface area (Å²) in [5.41, 5.74) is -0.916. The van der Waals surface area contributed by atoms with Gasteiger partial charge in [-0.2, -0.15) is 0 Å². The highest BCUT2D eigenvalue weighted by Gasteiger charge is 2.60. The van der Waals surface area contributed by atoms with Gasteiger partial charge in [-0.05, 0) is 89.3 Å². The number of carbonyl (C=O) groups excluding carboxylic acids is 2. The predicted octanol–water partition coefficient (Wildman–Crippen LogP) is 3.18. The molecule has 4 saturated carbocycles. The van der Waals surface area contributed by atoms with Crippen LogP contribution >= 0.6 is 0 Å². The predicted molar refractivity (Wildman–Crippen MR) is 119 cm³/mol. The van der Waals surface area contributed by atoms with Crippen molar-refractivity contribution in [3.63, 3.8) is 0 Å². The summed E-state index contributed by atoms with van der Waals surface area (Å²) in [5, 5.41) is 6.18. The van der Waals surface area contributed by atoms with Crippen LogP contribution in [0, 0.1) is 17.3 Å². The number of amides is 2. The monoisotopic (exact) mass is 447 g/mol. The molecule has 0 saturated heterocycles. The van der Waals surface area contributed by atoms with Gasteiger partial charge in [-0.1, -0.05) is 6.07 Å². The molecule has 4 bridgehead atoms. The molecule has 31 heavy (non-hydrogen) atoms. The number of anilines is 1. The van der Waals surface area contributed by atoms with Crippen molar-refractivity contribution in [1.82, 2.24) is 10.0 Å². The molecule has 0 radical (unpaired) electrons. The maximum absolute atomic E-state index is 13.5. The summed E-state index contributed by atoms with van der Waals surface area (Å²) < 4.78 is 28.0. The van der Waals surface area contributed by atoms with E-state index in [1.54, 1.807) is 39.8 Å². The van der Waals surface area contributed by atoms with Gasteiger partial charge >= 0.3 is 0 Å². The second-order valence-electron chi connectivity index (χ2n) is 11.0. The smallest absolute Gasteiger partial charge is 0.241 e. The lowest BCUT2D eigenvalue weighted by Crippen LogP contribution is -2.65. The number of sulfonamides is 1. The molecule has 5 rings (SSSR count). The van der Waals surface area contributed by atoms with E-state index in [-0.39, 0.29) is 22.2 Å². The van der Waals surface area contributed by atoms with E-state index < -0.39 is 21.0 Å². The molecule has 0 heterocycles. The molecule has 4 aliphatic rings. The van der Waals surface area contributed by atoms with Gasteiger partial charge in [0.1, 0.15) is 0 Å². The van der Waals surface area contributed by atoms with Crippen LogP contribution < -0.4 is 15.4 Å². The van der Waals surface area contributed by atoms with Gasteiger partial charge in [0.15, 0.2) is 0 Å². The molecule has 7 nitrogen and oxygen atoms in total. The zero-order valence-electron chi connectivity index (χ0n) is 18.7. The zero-order valence-corrected chi connectivity index (χ0v) is 19.6. The first-order valence-electron chi connectivity index (χ1n) is 11.0. The maximum Gasteiger partial charge on any atom is 0.241 e. The lowest BCUT2D eigenvalue weighted by Gasteiger charge is -2.61. The van der Waals surface area contributed by atoms with E-state index in [1.807, 2.05) is 0 Å². The van der Waals surface area contributed by atoms with Gasteiger partial charge < -0.3 is 10.6 Å². The fraction of sp³-hybridized carbons (Fsp3) is 0.652. The Balaban J connectivity index is 1.56. The number of rotatable bonds is 5. The molecular formula is C23H33N3O4S. The topological polar surface area (TPSA) is 104 Å². The highest BCUT2D eigenvalue weighted by molar-refractivity contribution is 7.89. The molecule has 2 amide bonds. The first-order chi connectivity index (χ1) is 14.3. The standard InChI is InChI=1S/C23H33N3O4S/c1-15(27)25-23-12-16-8-17(13-23)11-22(10-16,14-23)20(28)24-18-6-5-7-19(9-18)31(29,30)26-21(2,3)4/h5-7,9,16-17,26H,8,10-14H2,1-4H3,(H,24,28)(H,25,27)/t16-,17+,22?,23?. The Bertz CT molecular complexity index is 998. The Morgan fingerprint density at radius 1 is 1.06 bits per heavy atom. The van der Waals surface area contributed by atoms with Crippen molar-refractivity contribution in [2.75, 3.05) is 5.32 Å². The average molecular weight is 448 g/mol. The normalized spacial score (nSPS) is 32.0. The summed E-state index contributed by atoms with van der Waals surface area (Å²) in [6, 6.07) is 6.40. The number of nitrogens with one attached hydrogen (secondary N) is 3. The van der Waals surface area contributed by atoms with Crippen molar-refractivity contribution in [3.8, 4) is 0 Å². The molecule has 8 heteroatoms. The van der Waals surface area contributed by atoms with Crippen LogP contribution in [0.2, 0.25) is 0 Å². The number of carbonyl (C=O) groups is 2. The molecule has 0 aromatic heterocycles. The van der Waals surface area contributed by atoms with Crippen molar-refractivity contribution in [2.45, 2.75) is 82.2 Å². The molecule has 1 aromatic rings. The molecule has 4 fully saturated rings. The third-order valence-electron chi connectivity index (χ3n) is 6.83. The quantitative estimate of drug-likeness (QED) is 0.645. The first-order valence-corrected chi connectivity index (χ1v) is 12.5. The van der Waals surface area contributed by atoms with E-state index in [4.69, 9.17) is 0 Å². The Morgan fingerprint density at radius 2 is 1.71 bits per heavy atom. The van der Waals surface area contributed by atoms with Gasteiger partial charge in [-0.3, -0.25) is 9.59 Å². The average Bonchev–Trinajstić information content (AvgIpc) is 2.57. The van der Waals surface area contributed by atoms with Gasteiger partial charge in [-0.15, -0.1) is 0 Å². The van der Waals surface area contributed by atoms with E-state index in [0.717, 1.165) is 32.1 Å². The van der Waals surface area contributed by atoms with Crippen molar-refractivity contribution < 1.29 is 18.0 Å². The summed E-state index contributed by atoms with van der Waals surface area (Å²) in [6.07, 6.45) is 5.35. The second kappa shape index (κ2) is 7.30. The third kappa shape index (κ3) is 4.51. The molecular weight excluding hydrogens is 414 g/mol. The lowest BCUT2D eigenvalue weighted by molar-refractivity contribution is -0.148. The summed E-state index contributed by atoms with van der Waals surface area (Å²) in [5.74, 6) is 0.791. The van der Waals surface area contributed by atoms with Crippen LogP contribution in [0.4, 0.5) is 5.69 Å². The van der Waals surface area contributed by atoms with Crippen LogP contribution in [0.15, 0.2) is 29.2 Å². The van der Waals surface area contributed by atoms with Crippen molar-refractivity contribution >= 4 is 27.5 Å². The van der Waals surface area contributed by atoms with Crippen LogP contribution in [-0.4, -0.2) is 31.3 Å². The van der Waals surface area contributed by atoms with Crippen LogP contribution in [0.1, 0.15) is 66.2 Å². The molecule has 1 aromatic carbocycles. The third-order valence-corrected chi connectivity index (χ3v) is 8.58. The van der Waals surface area contributed by atoms with Crippen LogP contribution in [-0.2, 0) is 19.6 Å².